The molecule has 2 rings (SSSR count). The van der Waals surface area contributed by atoms with Crippen LogP contribution in [0.15, 0.2) is 30.3 Å². The van der Waals surface area contributed by atoms with Gasteiger partial charge in [-0.05, 0) is 30.4 Å². The largest absolute Gasteiger partial charge is 0.338 e. The van der Waals surface area contributed by atoms with Crippen LogP contribution in [0.3, 0.4) is 0 Å². The average Bonchev–Trinajstić information content (AvgIpc) is 2.78. The molecule has 1 unspecified atom stereocenters. The van der Waals surface area contributed by atoms with Gasteiger partial charge in [0.2, 0.25) is 0 Å². The van der Waals surface area contributed by atoms with E-state index >= 15 is 0 Å². The van der Waals surface area contributed by atoms with Gasteiger partial charge < -0.3 is 4.90 Å². The highest BCUT2D eigenvalue weighted by molar-refractivity contribution is 5.94. The average molecular weight is 217 g/mol. The van der Waals surface area contributed by atoms with E-state index in [2.05, 4.69) is 13.8 Å². The first-order valence-electron chi connectivity index (χ1n) is 6.03. The SMILES string of the molecule is CC(C)C1CCN(C(=O)c2ccccc2)C1. The highest BCUT2D eigenvalue weighted by atomic mass is 16.2. The smallest absolute Gasteiger partial charge is 0.253 e. The van der Waals surface area contributed by atoms with E-state index < -0.39 is 0 Å². The van der Waals surface area contributed by atoms with E-state index in [0.717, 1.165) is 25.1 Å². The molecule has 86 valence electrons. The minimum atomic E-state index is 0.184. The molecular formula is C14H19NO. The molecule has 16 heavy (non-hydrogen) atoms. The van der Waals surface area contributed by atoms with Gasteiger partial charge in [-0.3, -0.25) is 4.79 Å². The van der Waals surface area contributed by atoms with Crippen LogP contribution in [0.1, 0.15) is 30.6 Å². The summed E-state index contributed by atoms with van der Waals surface area (Å²) in [6.07, 6.45) is 1.15. The highest BCUT2D eigenvalue weighted by Gasteiger charge is 2.28. The number of likely N-dealkylation sites (tertiary alicyclic amines) is 1. The Morgan fingerprint density at radius 2 is 2.00 bits per heavy atom. The van der Waals surface area contributed by atoms with Gasteiger partial charge in [-0.1, -0.05) is 32.0 Å². The zero-order valence-corrected chi connectivity index (χ0v) is 10.0. The molecule has 0 aliphatic carbocycles. The summed E-state index contributed by atoms with van der Waals surface area (Å²) in [7, 11) is 0. The van der Waals surface area contributed by atoms with Crippen molar-refractivity contribution in [1.82, 2.24) is 4.90 Å². The molecule has 2 heteroatoms. The Morgan fingerprint density at radius 3 is 2.56 bits per heavy atom. The fraction of sp³-hybridized carbons (Fsp3) is 0.500. The zero-order valence-electron chi connectivity index (χ0n) is 10.0. The zero-order chi connectivity index (χ0) is 11.5. The van der Waals surface area contributed by atoms with Crippen molar-refractivity contribution in [2.75, 3.05) is 13.1 Å². The van der Waals surface area contributed by atoms with Crippen LogP contribution in [0.5, 0.6) is 0 Å². The van der Waals surface area contributed by atoms with E-state index in [4.69, 9.17) is 0 Å². The number of amides is 1. The van der Waals surface area contributed by atoms with Gasteiger partial charge in [0.05, 0.1) is 0 Å². The van der Waals surface area contributed by atoms with E-state index in [9.17, 15) is 4.79 Å². The maximum atomic E-state index is 12.1. The summed E-state index contributed by atoms with van der Waals surface area (Å²) < 4.78 is 0. The highest BCUT2D eigenvalue weighted by Crippen LogP contribution is 2.24. The third-order valence-corrected chi connectivity index (χ3v) is 3.48. The molecule has 1 atom stereocenters. The van der Waals surface area contributed by atoms with Crippen LogP contribution < -0.4 is 0 Å². The van der Waals surface area contributed by atoms with Gasteiger partial charge in [0.25, 0.3) is 5.91 Å². The predicted octanol–water partition coefficient (Wildman–Crippen LogP) is 2.80. The molecule has 1 aliphatic rings. The van der Waals surface area contributed by atoms with Crippen LogP contribution in [0.2, 0.25) is 0 Å². The van der Waals surface area contributed by atoms with Crippen molar-refractivity contribution in [3.05, 3.63) is 35.9 Å². The Bertz CT molecular complexity index is 358. The van der Waals surface area contributed by atoms with Crippen molar-refractivity contribution < 1.29 is 4.79 Å². The quantitative estimate of drug-likeness (QED) is 0.746. The topological polar surface area (TPSA) is 20.3 Å². The van der Waals surface area contributed by atoms with Gasteiger partial charge in [0.15, 0.2) is 0 Å². The molecule has 1 saturated heterocycles. The van der Waals surface area contributed by atoms with Gasteiger partial charge in [-0.2, -0.15) is 0 Å². The molecule has 0 N–H and O–H groups in total. The van der Waals surface area contributed by atoms with E-state index in [1.165, 1.54) is 0 Å². The molecule has 1 heterocycles. The molecule has 0 bridgehead atoms. The number of benzene rings is 1. The van der Waals surface area contributed by atoms with Crippen molar-refractivity contribution in [3.63, 3.8) is 0 Å². The number of hydrogen-bond acceptors (Lipinski definition) is 1. The minimum absolute atomic E-state index is 0.184. The normalized spacial score (nSPS) is 20.4. The molecule has 0 saturated carbocycles. The fourth-order valence-corrected chi connectivity index (χ4v) is 2.28. The monoisotopic (exact) mass is 217 g/mol. The first kappa shape index (κ1) is 11.2. The summed E-state index contributed by atoms with van der Waals surface area (Å²) >= 11 is 0. The first-order valence-corrected chi connectivity index (χ1v) is 6.03. The Hall–Kier alpha value is -1.31. The fourth-order valence-electron chi connectivity index (χ4n) is 2.28. The summed E-state index contributed by atoms with van der Waals surface area (Å²) in [4.78, 5) is 14.1. The third kappa shape index (κ3) is 2.26. The van der Waals surface area contributed by atoms with Gasteiger partial charge in [-0.15, -0.1) is 0 Å². The van der Waals surface area contributed by atoms with Crippen molar-refractivity contribution in [3.8, 4) is 0 Å². The van der Waals surface area contributed by atoms with Crippen LogP contribution >= 0.6 is 0 Å². The molecular weight excluding hydrogens is 198 g/mol. The summed E-state index contributed by atoms with van der Waals surface area (Å²) in [5.41, 5.74) is 0.812. The molecule has 1 aromatic rings. The summed E-state index contributed by atoms with van der Waals surface area (Å²) in [6.45, 7) is 6.31. The van der Waals surface area contributed by atoms with Crippen molar-refractivity contribution >= 4 is 5.91 Å². The second-order valence-electron chi connectivity index (χ2n) is 4.91. The van der Waals surface area contributed by atoms with Gasteiger partial charge >= 0.3 is 0 Å². The number of nitrogens with zero attached hydrogens (tertiary/aromatic N) is 1. The molecule has 0 radical (unpaired) electrons. The van der Waals surface area contributed by atoms with Crippen LogP contribution in [0.25, 0.3) is 0 Å². The molecule has 2 nitrogen and oxygen atoms in total. The molecule has 1 fully saturated rings. The van der Waals surface area contributed by atoms with Crippen LogP contribution in [-0.2, 0) is 0 Å². The lowest BCUT2D eigenvalue weighted by Crippen LogP contribution is -2.29. The number of rotatable bonds is 2. The Kier molecular flexibility index (Phi) is 3.28. The maximum absolute atomic E-state index is 12.1. The second kappa shape index (κ2) is 4.69. The van der Waals surface area contributed by atoms with Gasteiger partial charge in [-0.25, -0.2) is 0 Å². The lowest BCUT2D eigenvalue weighted by Gasteiger charge is -2.18. The number of carbonyl (C=O) groups excluding carboxylic acids is 1. The Labute approximate surface area is 97.3 Å². The molecule has 1 amide bonds. The summed E-state index contributed by atoms with van der Waals surface area (Å²) in [5.74, 6) is 1.53. The summed E-state index contributed by atoms with van der Waals surface area (Å²) in [5, 5.41) is 0. The Balaban J connectivity index is 2.03. The van der Waals surface area contributed by atoms with Crippen molar-refractivity contribution in [2.24, 2.45) is 11.8 Å². The first-order chi connectivity index (χ1) is 7.68. The number of carbonyl (C=O) groups is 1. The van der Waals surface area contributed by atoms with Crippen LogP contribution in [0, 0.1) is 11.8 Å². The van der Waals surface area contributed by atoms with E-state index in [0.29, 0.717) is 11.8 Å². The molecule has 0 aromatic heterocycles. The van der Waals surface area contributed by atoms with E-state index in [1.54, 1.807) is 0 Å². The Morgan fingerprint density at radius 1 is 1.31 bits per heavy atom. The van der Waals surface area contributed by atoms with Crippen LogP contribution in [-0.4, -0.2) is 23.9 Å². The predicted molar refractivity (Wildman–Crippen MR) is 65.3 cm³/mol. The standard InChI is InChI=1S/C14H19NO/c1-11(2)13-8-9-15(10-13)14(16)12-6-4-3-5-7-12/h3-7,11,13H,8-10H2,1-2H3. The van der Waals surface area contributed by atoms with E-state index in [1.807, 2.05) is 35.2 Å². The summed E-state index contributed by atoms with van der Waals surface area (Å²) in [6, 6.07) is 9.57. The van der Waals surface area contributed by atoms with Gasteiger partial charge in [0, 0.05) is 18.7 Å². The van der Waals surface area contributed by atoms with Crippen LogP contribution in [0.4, 0.5) is 0 Å². The maximum Gasteiger partial charge on any atom is 0.253 e. The lowest BCUT2D eigenvalue weighted by molar-refractivity contribution is 0.0784. The van der Waals surface area contributed by atoms with Gasteiger partial charge in [0.1, 0.15) is 0 Å². The third-order valence-electron chi connectivity index (χ3n) is 3.48. The molecule has 1 aromatic carbocycles. The lowest BCUT2D eigenvalue weighted by atomic mass is 9.95. The van der Waals surface area contributed by atoms with Crippen molar-refractivity contribution in [2.45, 2.75) is 20.3 Å². The second-order valence-corrected chi connectivity index (χ2v) is 4.91. The molecule has 0 spiro atoms. The van der Waals surface area contributed by atoms with E-state index in [-0.39, 0.29) is 5.91 Å². The molecule has 1 aliphatic heterocycles. The number of hydrogen-bond donors (Lipinski definition) is 0. The van der Waals surface area contributed by atoms with Crippen molar-refractivity contribution in [1.29, 1.82) is 0 Å². The minimum Gasteiger partial charge on any atom is -0.338 e.